The number of hydrogen-bond donors (Lipinski definition) is 2. The Morgan fingerprint density at radius 3 is 2.67 bits per heavy atom. The molecule has 4 heterocycles. The van der Waals surface area contributed by atoms with Gasteiger partial charge in [-0.25, -0.2) is 4.98 Å². The Morgan fingerprint density at radius 2 is 1.92 bits per heavy atom. The first-order valence-corrected chi connectivity index (χ1v) is 8.58. The van der Waals surface area contributed by atoms with E-state index in [0.717, 1.165) is 28.2 Å². The van der Waals surface area contributed by atoms with E-state index < -0.39 is 0 Å². The lowest BCUT2D eigenvalue weighted by molar-refractivity contribution is 0.718. The van der Waals surface area contributed by atoms with Crippen LogP contribution >= 0.6 is 12.1 Å². The van der Waals surface area contributed by atoms with Gasteiger partial charge in [0.05, 0.1) is 28.9 Å². The molecule has 2 N–H and O–H groups in total. The molecule has 4 rings (SSSR count). The summed E-state index contributed by atoms with van der Waals surface area (Å²) in [6.07, 6.45) is 4.16. The molecule has 2 aliphatic heterocycles. The SMILES string of the molecule is CC1=CC(C)=C(n2c(C)c(C)c3c(=O)[nH]c(C)nc32)C2=CNSN12. The first kappa shape index (κ1) is 15.1. The predicted octanol–water partition coefficient (Wildman–Crippen LogP) is 3.11. The molecule has 0 bridgehead atoms. The van der Waals surface area contributed by atoms with Gasteiger partial charge in [-0.05, 0) is 51.8 Å². The zero-order valence-electron chi connectivity index (χ0n) is 14.3. The Kier molecular flexibility index (Phi) is 3.18. The number of fused-ring (bicyclic) bond motifs is 2. The normalized spacial score (nSPS) is 17.1. The van der Waals surface area contributed by atoms with Crippen molar-refractivity contribution in [1.29, 1.82) is 0 Å². The monoisotopic (exact) mass is 341 g/mol. The highest BCUT2D eigenvalue weighted by atomic mass is 32.2. The molecule has 0 radical (unpaired) electrons. The number of aromatic amines is 1. The van der Waals surface area contributed by atoms with Crippen molar-refractivity contribution in [3.63, 3.8) is 0 Å². The predicted molar refractivity (Wildman–Crippen MR) is 97.9 cm³/mol. The van der Waals surface area contributed by atoms with E-state index in [2.05, 4.69) is 43.5 Å². The third-order valence-corrected chi connectivity index (χ3v) is 5.52. The van der Waals surface area contributed by atoms with Crippen LogP contribution in [0.3, 0.4) is 0 Å². The van der Waals surface area contributed by atoms with Crippen molar-refractivity contribution in [3.8, 4) is 0 Å². The summed E-state index contributed by atoms with van der Waals surface area (Å²) < 4.78 is 7.48. The van der Waals surface area contributed by atoms with E-state index >= 15 is 0 Å². The molecule has 0 saturated heterocycles. The summed E-state index contributed by atoms with van der Waals surface area (Å²) in [6.45, 7) is 10.0. The van der Waals surface area contributed by atoms with E-state index in [1.807, 2.05) is 27.0 Å². The van der Waals surface area contributed by atoms with E-state index in [4.69, 9.17) is 0 Å². The van der Waals surface area contributed by atoms with Crippen molar-refractivity contribution in [2.75, 3.05) is 0 Å². The molecular weight excluding hydrogens is 322 g/mol. The Balaban J connectivity index is 2.13. The molecule has 7 heteroatoms. The number of aryl methyl sites for hydroxylation is 2. The van der Waals surface area contributed by atoms with E-state index in [1.54, 1.807) is 12.1 Å². The Morgan fingerprint density at radius 1 is 1.17 bits per heavy atom. The van der Waals surface area contributed by atoms with Gasteiger partial charge in [-0.2, -0.15) is 0 Å². The molecule has 2 aromatic rings. The molecule has 0 amide bonds. The Bertz CT molecular complexity index is 1040. The third kappa shape index (κ3) is 1.91. The van der Waals surface area contributed by atoms with Crippen molar-refractivity contribution in [3.05, 3.63) is 56.7 Å². The summed E-state index contributed by atoms with van der Waals surface area (Å²) in [7, 11) is 0. The van der Waals surface area contributed by atoms with Gasteiger partial charge in [0.15, 0.2) is 5.65 Å². The van der Waals surface area contributed by atoms with E-state index in [0.29, 0.717) is 16.9 Å². The minimum Gasteiger partial charge on any atom is -0.316 e. The molecule has 0 atom stereocenters. The first-order chi connectivity index (χ1) is 11.4. The van der Waals surface area contributed by atoms with Crippen LogP contribution in [0, 0.1) is 20.8 Å². The molecule has 2 aliphatic rings. The minimum atomic E-state index is -0.0811. The largest absolute Gasteiger partial charge is 0.316 e. The lowest BCUT2D eigenvalue weighted by Gasteiger charge is -2.28. The van der Waals surface area contributed by atoms with E-state index in [1.165, 1.54) is 5.70 Å². The highest BCUT2D eigenvalue weighted by molar-refractivity contribution is 7.95. The number of rotatable bonds is 1. The van der Waals surface area contributed by atoms with Crippen LogP contribution < -0.4 is 10.3 Å². The number of allylic oxidation sites excluding steroid dienone is 4. The fourth-order valence-corrected chi connectivity index (χ4v) is 4.16. The fraction of sp³-hybridized carbons (Fsp3) is 0.294. The topological polar surface area (TPSA) is 66.0 Å². The standard InChI is InChI=1S/C17H19N5OS/c1-8-6-9(2)22-13(7-18-24-22)15(8)21-11(4)10(3)14-16(21)19-12(5)20-17(14)23/h6-7,18H,1-5H3,(H,19,20,23). The van der Waals surface area contributed by atoms with Crippen LogP contribution in [0.4, 0.5) is 0 Å². The number of nitrogens with zero attached hydrogens (tertiary/aromatic N) is 3. The van der Waals surface area contributed by atoms with Gasteiger partial charge >= 0.3 is 0 Å². The second kappa shape index (κ2) is 5.04. The first-order valence-electron chi connectivity index (χ1n) is 7.81. The summed E-state index contributed by atoms with van der Waals surface area (Å²) in [5.74, 6) is 0.622. The van der Waals surface area contributed by atoms with E-state index in [9.17, 15) is 4.79 Å². The molecule has 0 aliphatic carbocycles. The van der Waals surface area contributed by atoms with Gasteiger partial charge in [-0.3, -0.25) is 13.7 Å². The van der Waals surface area contributed by atoms with Crippen LogP contribution in [0.2, 0.25) is 0 Å². The average molecular weight is 341 g/mol. The Labute approximate surface area is 144 Å². The smallest absolute Gasteiger partial charge is 0.260 e. The lowest BCUT2D eigenvalue weighted by atomic mass is 10.1. The van der Waals surface area contributed by atoms with Gasteiger partial charge in [0, 0.05) is 17.6 Å². The number of hydrogen-bond acceptors (Lipinski definition) is 5. The summed E-state index contributed by atoms with van der Waals surface area (Å²) in [5.41, 5.74) is 7.10. The van der Waals surface area contributed by atoms with Gasteiger partial charge in [-0.1, -0.05) is 0 Å². The second-order valence-electron chi connectivity index (χ2n) is 6.25. The second-order valence-corrected chi connectivity index (χ2v) is 7.03. The van der Waals surface area contributed by atoms with Crippen LogP contribution in [0.5, 0.6) is 0 Å². The maximum Gasteiger partial charge on any atom is 0.260 e. The average Bonchev–Trinajstić information content (AvgIpc) is 3.07. The van der Waals surface area contributed by atoms with Crippen molar-refractivity contribution < 1.29 is 0 Å². The van der Waals surface area contributed by atoms with Crippen LogP contribution in [-0.2, 0) is 0 Å². The van der Waals surface area contributed by atoms with Crippen LogP contribution in [0.25, 0.3) is 16.7 Å². The summed E-state index contributed by atoms with van der Waals surface area (Å²) in [6, 6.07) is 0. The number of H-pyrrole nitrogens is 1. The molecule has 0 aromatic carbocycles. The van der Waals surface area contributed by atoms with Gasteiger partial charge in [0.25, 0.3) is 5.56 Å². The molecule has 0 spiro atoms. The quantitative estimate of drug-likeness (QED) is 0.780. The molecule has 2 aromatic heterocycles. The zero-order chi connectivity index (χ0) is 17.2. The maximum atomic E-state index is 12.5. The van der Waals surface area contributed by atoms with Crippen molar-refractivity contribution in [2.45, 2.75) is 34.6 Å². The zero-order valence-corrected chi connectivity index (χ0v) is 15.1. The van der Waals surface area contributed by atoms with Gasteiger partial charge in [0.2, 0.25) is 0 Å². The molecular formula is C17H19N5OS. The van der Waals surface area contributed by atoms with Crippen LogP contribution in [0.15, 0.2) is 34.0 Å². The molecule has 124 valence electrons. The molecule has 0 fully saturated rings. The van der Waals surface area contributed by atoms with Crippen LogP contribution in [0.1, 0.15) is 30.9 Å². The lowest BCUT2D eigenvalue weighted by Crippen LogP contribution is -2.20. The van der Waals surface area contributed by atoms with Gasteiger partial charge < -0.3 is 9.71 Å². The highest BCUT2D eigenvalue weighted by Gasteiger charge is 2.30. The van der Waals surface area contributed by atoms with Crippen molar-refractivity contribution in [1.82, 2.24) is 23.6 Å². The number of nitrogens with one attached hydrogen (secondary N) is 2. The molecule has 0 saturated carbocycles. The van der Waals surface area contributed by atoms with Crippen LogP contribution in [-0.4, -0.2) is 18.8 Å². The summed E-state index contributed by atoms with van der Waals surface area (Å²) >= 11 is 1.55. The van der Waals surface area contributed by atoms with Crippen molar-refractivity contribution in [2.24, 2.45) is 0 Å². The Hall–Kier alpha value is -2.41. The van der Waals surface area contributed by atoms with E-state index in [-0.39, 0.29) is 5.56 Å². The summed E-state index contributed by atoms with van der Waals surface area (Å²) in [5, 5.41) is 0.662. The van der Waals surface area contributed by atoms with Gasteiger partial charge in [0.1, 0.15) is 5.82 Å². The molecule has 24 heavy (non-hydrogen) atoms. The minimum absolute atomic E-state index is 0.0811. The maximum absolute atomic E-state index is 12.5. The van der Waals surface area contributed by atoms with Gasteiger partial charge in [-0.15, -0.1) is 0 Å². The third-order valence-electron chi connectivity index (χ3n) is 4.63. The summed E-state index contributed by atoms with van der Waals surface area (Å²) in [4.78, 5) is 19.9. The van der Waals surface area contributed by atoms with Crippen molar-refractivity contribution >= 4 is 28.9 Å². The fourth-order valence-electron chi connectivity index (χ4n) is 3.45. The highest BCUT2D eigenvalue weighted by Crippen LogP contribution is 2.41. The molecule has 6 nitrogen and oxygen atoms in total. The molecule has 0 unspecified atom stereocenters. The number of aromatic nitrogens is 3.